The molecule has 0 radical (unpaired) electrons. The lowest BCUT2D eigenvalue weighted by atomic mass is 9.69. The lowest BCUT2D eigenvalue weighted by Gasteiger charge is -2.39. The van der Waals surface area contributed by atoms with Crippen molar-refractivity contribution in [1.29, 1.82) is 0 Å². The monoisotopic (exact) mass is 466 g/mol. The van der Waals surface area contributed by atoms with Gasteiger partial charge in [0.2, 0.25) is 0 Å². The van der Waals surface area contributed by atoms with Crippen molar-refractivity contribution in [3.8, 4) is 0 Å². The Hall–Kier alpha value is -2.73. The van der Waals surface area contributed by atoms with E-state index >= 15 is 0 Å². The van der Waals surface area contributed by atoms with Crippen LogP contribution >= 0.6 is 11.3 Å². The first kappa shape index (κ1) is 23.4. The van der Waals surface area contributed by atoms with E-state index in [1.54, 1.807) is 23.5 Å². The summed E-state index contributed by atoms with van der Waals surface area (Å²) in [4.78, 5) is 29.1. The number of hydrogen-bond donors (Lipinski definition) is 2. The van der Waals surface area contributed by atoms with Crippen LogP contribution < -0.4 is 10.6 Å². The van der Waals surface area contributed by atoms with Crippen LogP contribution in [0.3, 0.4) is 0 Å². The van der Waals surface area contributed by atoms with E-state index in [2.05, 4.69) is 51.3 Å². The number of rotatable bonds is 3. The molecule has 0 saturated carbocycles. The Balaban J connectivity index is 1.81. The Morgan fingerprint density at radius 1 is 1.18 bits per heavy atom. The average molecular weight is 467 g/mol. The van der Waals surface area contributed by atoms with E-state index in [9.17, 15) is 14.0 Å². The molecule has 1 atom stereocenters. The zero-order chi connectivity index (χ0) is 24.1. The van der Waals surface area contributed by atoms with Crippen molar-refractivity contribution in [2.24, 2.45) is 5.41 Å². The summed E-state index contributed by atoms with van der Waals surface area (Å²) in [6.45, 7) is 12.5. The molecule has 0 saturated heterocycles. The minimum absolute atomic E-state index is 0.0334. The maximum absolute atomic E-state index is 13.7. The molecule has 0 spiro atoms. The van der Waals surface area contributed by atoms with Crippen LogP contribution in [0, 0.1) is 11.2 Å². The molecule has 33 heavy (non-hydrogen) atoms. The molecule has 4 rings (SSSR count). The number of carbonyl (C=O) groups excluding carboxylic acids is 2. The van der Waals surface area contributed by atoms with Gasteiger partial charge in [-0.15, -0.1) is 11.3 Å². The van der Waals surface area contributed by atoms with Gasteiger partial charge in [0.05, 0.1) is 5.92 Å². The van der Waals surface area contributed by atoms with Gasteiger partial charge in [0.25, 0.3) is 5.91 Å². The van der Waals surface area contributed by atoms with E-state index in [0.717, 1.165) is 22.7 Å². The van der Waals surface area contributed by atoms with Gasteiger partial charge < -0.3 is 10.6 Å². The molecule has 1 aromatic heterocycles. The van der Waals surface area contributed by atoms with Gasteiger partial charge in [-0.1, -0.05) is 40.7 Å². The summed E-state index contributed by atoms with van der Waals surface area (Å²) in [5, 5.41) is 6.22. The normalized spacial score (nSPS) is 20.5. The van der Waals surface area contributed by atoms with Crippen LogP contribution in [0.25, 0.3) is 0 Å². The third-order valence-electron chi connectivity index (χ3n) is 6.22. The van der Waals surface area contributed by atoms with Gasteiger partial charge in [-0.2, -0.15) is 0 Å². The largest absolute Gasteiger partial charge is 0.362 e. The molecular formula is C27H31FN2O2S. The Kier molecular flexibility index (Phi) is 5.85. The first-order chi connectivity index (χ1) is 15.4. The Bertz CT molecular complexity index is 1200. The number of nitrogens with one attached hydrogen (secondary N) is 2. The first-order valence-electron chi connectivity index (χ1n) is 11.3. The average Bonchev–Trinajstić information content (AvgIpc) is 3.16. The van der Waals surface area contributed by atoms with Gasteiger partial charge in [0.15, 0.2) is 5.78 Å². The molecule has 0 fully saturated rings. The molecular weight excluding hydrogens is 435 g/mol. The molecule has 1 aliphatic heterocycles. The van der Waals surface area contributed by atoms with E-state index in [1.807, 2.05) is 13.0 Å². The maximum Gasteiger partial charge on any atom is 0.254 e. The molecule has 2 aromatic rings. The molecule has 4 nitrogen and oxygen atoms in total. The van der Waals surface area contributed by atoms with Crippen LogP contribution in [0.1, 0.15) is 70.1 Å². The number of halogens is 1. The first-order valence-corrected chi connectivity index (χ1v) is 12.1. The highest BCUT2D eigenvalue weighted by atomic mass is 32.1. The zero-order valence-electron chi connectivity index (χ0n) is 20.1. The maximum atomic E-state index is 13.7. The fraction of sp³-hybridized carbons (Fsp3) is 0.407. The lowest BCUT2D eigenvalue weighted by molar-refractivity contribution is -0.118. The predicted molar refractivity (Wildman–Crippen MR) is 132 cm³/mol. The lowest BCUT2D eigenvalue weighted by Crippen LogP contribution is -2.39. The zero-order valence-corrected chi connectivity index (χ0v) is 20.9. The van der Waals surface area contributed by atoms with Crippen molar-refractivity contribution in [2.75, 3.05) is 5.32 Å². The van der Waals surface area contributed by atoms with Crippen molar-refractivity contribution < 1.29 is 14.0 Å². The van der Waals surface area contributed by atoms with E-state index < -0.39 is 11.7 Å². The number of thiophene rings is 1. The molecule has 1 amide bonds. The van der Waals surface area contributed by atoms with E-state index in [0.29, 0.717) is 23.3 Å². The summed E-state index contributed by atoms with van der Waals surface area (Å²) in [5.74, 6) is -1.11. The molecule has 6 heteroatoms. The Morgan fingerprint density at radius 2 is 1.91 bits per heavy atom. The number of ketones is 1. The Morgan fingerprint density at radius 3 is 2.55 bits per heavy atom. The third-order valence-corrected chi connectivity index (χ3v) is 7.79. The van der Waals surface area contributed by atoms with Gasteiger partial charge in [-0.3, -0.25) is 9.59 Å². The molecule has 2 heterocycles. The van der Waals surface area contributed by atoms with E-state index in [-0.39, 0.29) is 22.5 Å². The standard InChI is InChI=1S/C27H31FN2O2S/c1-15-22(25(32)30-17-9-7-8-16(28)12-17)24(20-10-11-21(33-20)26(2,3)4)23-18(29-15)13-27(5,6)14-19(23)31/h7-12,24,29H,13-14H2,1-6H3,(H,30,32)/t24-/m1/s1. The smallest absolute Gasteiger partial charge is 0.254 e. The molecule has 1 aliphatic carbocycles. The van der Waals surface area contributed by atoms with Crippen molar-refractivity contribution in [3.63, 3.8) is 0 Å². The number of dihydropyridines is 1. The quantitative estimate of drug-likeness (QED) is 0.548. The minimum atomic E-state index is -0.445. The van der Waals surface area contributed by atoms with Crippen molar-refractivity contribution in [2.45, 2.75) is 65.7 Å². The second-order valence-corrected chi connectivity index (χ2v) is 12.0. The highest BCUT2D eigenvalue weighted by Gasteiger charge is 2.43. The third kappa shape index (κ3) is 4.67. The molecule has 1 aromatic carbocycles. The molecule has 0 bridgehead atoms. The predicted octanol–water partition coefficient (Wildman–Crippen LogP) is 6.43. The highest BCUT2D eigenvalue weighted by Crippen LogP contribution is 2.48. The number of benzene rings is 1. The molecule has 0 unspecified atom stereocenters. The molecule has 2 N–H and O–H groups in total. The number of Topliss-reactive ketones (excluding diaryl/α,β-unsaturated/α-hetero) is 1. The van der Waals surface area contributed by atoms with Crippen molar-refractivity contribution in [1.82, 2.24) is 5.32 Å². The molecule has 2 aliphatic rings. The van der Waals surface area contributed by atoms with Gasteiger partial charge in [0, 0.05) is 44.4 Å². The van der Waals surface area contributed by atoms with Crippen LogP contribution in [-0.4, -0.2) is 11.7 Å². The van der Waals surface area contributed by atoms with E-state index in [1.165, 1.54) is 17.0 Å². The number of carbonyl (C=O) groups is 2. The fourth-order valence-electron chi connectivity index (χ4n) is 4.70. The van der Waals surface area contributed by atoms with Crippen molar-refractivity contribution >= 4 is 28.7 Å². The second kappa shape index (κ2) is 8.24. The SMILES string of the molecule is CC1=C(C(=O)Nc2cccc(F)c2)[C@@H](c2ccc(C(C)(C)C)s2)C2=C(CC(C)(C)CC2=O)N1. The second-order valence-electron chi connectivity index (χ2n) is 10.8. The van der Waals surface area contributed by atoms with Gasteiger partial charge in [-0.25, -0.2) is 4.39 Å². The molecule has 174 valence electrons. The number of anilines is 1. The van der Waals surface area contributed by atoms with Crippen LogP contribution in [0.2, 0.25) is 0 Å². The van der Waals surface area contributed by atoms with Crippen molar-refractivity contribution in [3.05, 3.63) is 74.5 Å². The highest BCUT2D eigenvalue weighted by molar-refractivity contribution is 7.12. The number of amides is 1. The number of allylic oxidation sites excluding steroid dienone is 3. The van der Waals surface area contributed by atoms with Crippen LogP contribution in [0.5, 0.6) is 0 Å². The van der Waals surface area contributed by atoms with Gasteiger partial charge >= 0.3 is 0 Å². The van der Waals surface area contributed by atoms with Crippen LogP contribution in [-0.2, 0) is 15.0 Å². The van der Waals surface area contributed by atoms with Crippen LogP contribution in [0.4, 0.5) is 10.1 Å². The number of hydrogen-bond acceptors (Lipinski definition) is 4. The Labute approximate surface area is 199 Å². The van der Waals surface area contributed by atoms with Gasteiger partial charge in [0.1, 0.15) is 5.82 Å². The summed E-state index contributed by atoms with van der Waals surface area (Å²) in [6, 6.07) is 9.98. The fourth-order valence-corrected chi connectivity index (χ4v) is 5.88. The topological polar surface area (TPSA) is 58.2 Å². The summed E-state index contributed by atoms with van der Waals surface area (Å²) >= 11 is 1.65. The summed E-state index contributed by atoms with van der Waals surface area (Å²) < 4.78 is 13.7. The van der Waals surface area contributed by atoms with Crippen LogP contribution in [0.15, 0.2) is 58.9 Å². The summed E-state index contributed by atoms with van der Waals surface area (Å²) in [6.07, 6.45) is 1.19. The minimum Gasteiger partial charge on any atom is -0.362 e. The van der Waals surface area contributed by atoms with Gasteiger partial charge in [-0.05, 0) is 54.5 Å². The summed E-state index contributed by atoms with van der Waals surface area (Å²) in [7, 11) is 0. The van der Waals surface area contributed by atoms with E-state index in [4.69, 9.17) is 0 Å². The summed E-state index contributed by atoms with van der Waals surface area (Å²) in [5.41, 5.74) is 3.04.